The van der Waals surface area contributed by atoms with Crippen LogP contribution in [0.15, 0.2) is 46.9 Å². The van der Waals surface area contributed by atoms with Gasteiger partial charge in [-0.3, -0.25) is 4.90 Å². The van der Waals surface area contributed by atoms with Crippen LogP contribution in [-0.2, 0) is 6.54 Å². The van der Waals surface area contributed by atoms with E-state index in [0.29, 0.717) is 54.9 Å². The van der Waals surface area contributed by atoms with Crippen LogP contribution in [0, 0.1) is 5.82 Å². The summed E-state index contributed by atoms with van der Waals surface area (Å²) in [4.78, 5) is 20.7. The lowest BCUT2D eigenvalue weighted by molar-refractivity contribution is 0.136. The van der Waals surface area contributed by atoms with Gasteiger partial charge in [0.15, 0.2) is 5.58 Å². The minimum atomic E-state index is -0.378. The molecule has 0 spiro atoms. The highest BCUT2D eigenvalue weighted by Crippen LogP contribution is 2.21. The quantitative estimate of drug-likeness (QED) is 0.737. The number of fused-ring (bicyclic) bond motifs is 1. The normalized spacial score (nSPS) is 15.3. The maximum atomic E-state index is 13.2. The Hall–Kier alpha value is -2.64. The minimum absolute atomic E-state index is 0.225. The second kappa shape index (κ2) is 7.54. The molecule has 27 heavy (non-hydrogen) atoms. The predicted octanol–water partition coefficient (Wildman–Crippen LogP) is 3.97. The fourth-order valence-corrected chi connectivity index (χ4v) is 3.25. The molecule has 2 amide bonds. The summed E-state index contributed by atoms with van der Waals surface area (Å²) < 4.78 is 19.0. The SMILES string of the molecule is O=C(Nc1cccc(F)c1)N1CCN(Cc2nc3cc(Cl)ccc3o2)CC1. The molecular formula is C19H18ClFN4O2. The van der Waals surface area contributed by atoms with Gasteiger partial charge in [-0.2, -0.15) is 0 Å². The summed E-state index contributed by atoms with van der Waals surface area (Å²) in [5.41, 5.74) is 1.90. The maximum Gasteiger partial charge on any atom is 0.321 e. The number of rotatable bonds is 3. The summed E-state index contributed by atoms with van der Waals surface area (Å²) in [7, 11) is 0. The fourth-order valence-electron chi connectivity index (χ4n) is 3.09. The number of piperazine rings is 1. The number of urea groups is 1. The van der Waals surface area contributed by atoms with Gasteiger partial charge in [-0.25, -0.2) is 14.2 Å². The summed E-state index contributed by atoms with van der Waals surface area (Å²) in [5, 5.41) is 3.35. The van der Waals surface area contributed by atoms with Gasteiger partial charge in [-0.05, 0) is 36.4 Å². The number of nitrogens with zero attached hydrogens (tertiary/aromatic N) is 3. The number of benzene rings is 2. The highest BCUT2D eigenvalue weighted by Gasteiger charge is 2.22. The van der Waals surface area contributed by atoms with Gasteiger partial charge in [0.1, 0.15) is 11.3 Å². The Morgan fingerprint density at radius 2 is 2.00 bits per heavy atom. The number of hydrogen-bond donors (Lipinski definition) is 1. The van der Waals surface area contributed by atoms with Crippen LogP contribution < -0.4 is 5.32 Å². The third-order valence-corrected chi connectivity index (χ3v) is 4.72. The molecule has 1 aliphatic rings. The summed E-state index contributed by atoms with van der Waals surface area (Å²) >= 11 is 5.98. The van der Waals surface area contributed by atoms with Crippen molar-refractivity contribution >= 4 is 34.4 Å². The molecule has 6 nitrogen and oxygen atoms in total. The van der Waals surface area contributed by atoms with E-state index in [-0.39, 0.29) is 11.8 Å². The third kappa shape index (κ3) is 4.20. The van der Waals surface area contributed by atoms with Crippen LogP contribution >= 0.6 is 11.6 Å². The molecule has 0 saturated carbocycles. The fraction of sp³-hybridized carbons (Fsp3) is 0.263. The standard InChI is InChI=1S/C19H18ClFN4O2/c20-13-4-5-17-16(10-13)23-18(27-17)12-24-6-8-25(9-7-24)19(26)22-15-3-1-2-14(21)11-15/h1-5,10-11H,6-9,12H2,(H,22,26). The highest BCUT2D eigenvalue weighted by atomic mass is 35.5. The Balaban J connectivity index is 1.32. The van der Waals surface area contributed by atoms with Crippen LogP contribution in [0.2, 0.25) is 5.02 Å². The van der Waals surface area contributed by atoms with Gasteiger partial charge in [0.05, 0.1) is 6.54 Å². The number of hydrogen-bond acceptors (Lipinski definition) is 4. The predicted molar refractivity (Wildman–Crippen MR) is 101 cm³/mol. The lowest BCUT2D eigenvalue weighted by atomic mass is 10.3. The molecule has 1 fully saturated rings. The largest absolute Gasteiger partial charge is 0.439 e. The first-order valence-corrected chi connectivity index (χ1v) is 9.03. The van der Waals surface area contributed by atoms with Crippen molar-refractivity contribution < 1.29 is 13.6 Å². The Labute approximate surface area is 160 Å². The molecule has 2 aromatic carbocycles. The molecular weight excluding hydrogens is 371 g/mol. The van der Waals surface area contributed by atoms with Gasteiger partial charge in [0.25, 0.3) is 0 Å². The van der Waals surface area contributed by atoms with E-state index in [9.17, 15) is 9.18 Å². The molecule has 8 heteroatoms. The van der Waals surface area contributed by atoms with E-state index in [0.717, 1.165) is 5.52 Å². The Morgan fingerprint density at radius 1 is 1.19 bits per heavy atom. The molecule has 0 aliphatic carbocycles. The van der Waals surface area contributed by atoms with Crippen LogP contribution in [0.1, 0.15) is 5.89 Å². The molecule has 1 saturated heterocycles. The molecule has 0 unspecified atom stereocenters. The number of aromatic nitrogens is 1. The molecule has 140 valence electrons. The number of carbonyl (C=O) groups excluding carboxylic acids is 1. The first kappa shape index (κ1) is 17.8. The number of oxazole rings is 1. The average Bonchev–Trinajstić information content (AvgIpc) is 3.03. The van der Waals surface area contributed by atoms with E-state index in [1.807, 2.05) is 6.07 Å². The topological polar surface area (TPSA) is 61.6 Å². The van der Waals surface area contributed by atoms with E-state index in [4.69, 9.17) is 16.0 Å². The van der Waals surface area contributed by atoms with E-state index in [1.54, 1.807) is 29.2 Å². The van der Waals surface area contributed by atoms with E-state index in [1.165, 1.54) is 12.1 Å². The van der Waals surface area contributed by atoms with Crippen molar-refractivity contribution in [2.45, 2.75) is 6.54 Å². The van der Waals surface area contributed by atoms with E-state index < -0.39 is 0 Å². The molecule has 1 aromatic heterocycles. The summed E-state index contributed by atoms with van der Waals surface area (Å²) in [6.07, 6.45) is 0. The zero-order valence-electron chi connectivity index (χ0n) is 14.5. The van der Waals surface area contributed by atoms with Crippen molar-refractivity contribution in [1.82, 2.24) is 14.8 Å². The zero-order valence-corrected chi connectivity index (χ0v) is 15.2. The smallest absolute Gasteiger partial charge is 0.321 e. The summed E-state index contributed by atoms with van der Waals surface area (Å²) in [6, 6.07) is 11.0. The van der Waals surface area contributed by atoms with Gasteiger partial charge in [-0.15, -0.1) is 0 Å². The minimum Gasteiger partial charge on any atom is -0.439 e. The molecule has 1 aliphatic heterocycles. The first-order valence-electron chi connectivity index (χ1n) is 8.66. The average molecular weight is 389 g/mol. The molecule has 0 bridgehead atoms. The number of carbonyl (C=O) groups is 1. The maximum absolute atomic E-state index is 13.2. The lowest BCUT2D eigenvalue weighted by Gasteiger charge is -2.34. The van der Waals surface area contributed by atoms with Gasteiger partial charge in [0, 0.05) is 36.9 Å². The second-order valence-corrected chi connectivity index (χ2v) is 6.86. The van der Waals surface area contributed by atoms with Crippen LogP contribution in [0.3, 0.4) is 0 Å². The second-order valence-electron chi connectivity index (χ2n) is 6.42. The van der Waals surface area contributed by atoms with Crippen molar-refractivity contribution in [2.24, 2.45) is 0 Å². The summed E-state index contributed by atoms with van der Waals surface area (Å²) in [5.74, 6) is 0.252. The van der Waals surface area contributed by atoms with E-state index >= 15 is 0 Å². The van der Waals surface area contributed by atoms with E-state index in [2.05, 4.69) is 15.2 Å². The number of nitrogens with one attached hydrogen (secondary N) is 1. The third-order valence-electron chi connectivity index (χ3n) is 4.49. The van der Waals surface area contributed by atoms with Crippen molar-refractivity contribution in [3.8, 4) is 0 Å². The van der Waals surface area contributed by atoms with Gasteiger partial charge in [0.2, 0.25) is 5.89 Å². The van der Waals surface area contributed by atoms with Crippen molar-refractivity contribution in [3.63, 3.8) is 0 Å². The van der Waals surface area contributed by atoms with Gasteiger partial charge in [-0.1, -0.05) is 17.7 Å². The molecule has 2 heterocycles. The first-order chi connectivity index (χ1) is 13.1. The molecule has 0 radical (unpaired) electrons. The molecule has 3 aromatic rings. The number of halogens is 2. The molecule has 1 N–H and O–H groups in total. The van der Waals surface area contributed by atoms with Crippen molar-refractivity contribution in [2.75, 3.05) is 31.5 Å². The van der Waals surface area contributed by atoms with Crippen LogP contribution in [-0.4, -0.2) is 47.0 Å². The molecule has 0 atom stereocenters. The lowest BCUT2D eigenvalue weighted by Crippen LogP contribution is -2.49. The monoisotopic (exact) mass is 388 g/mol. The Kier molecular flexibility index (Phi) is 4.96. The van der Waals surface area contributed by atoms with Crippen LogP contribution in [0.4, 0.5) is 14.9 Å². The van der Waals surface area contributed by atoms with Gasteiger partial charge >= 0.3 is 6.03 Å². The van der Waals surface area contributed by atoms with Crippen LogP contribution in [0.5, 0.6) is 0 Å². The number of anilines is 1. The van der Waals surface area contributed by atoms with Crippen LogP contribution in [0.25, 0.3) is 11.1 Å². The zero-order chi connectivity index (χ0) is 18.8. The summed E-state index contributed by atoms with van der Waals surface area (Å²) in [6.45, 7) is 3.14. The molecule has 4 rings (SSSR count). The van der Waals surface area contributed by atoms with Crippen molar-refractivity contribution in [1.29, 1.82) is 0 Å². The Morgan fingerprint density at radius 3 is 2.78 bits per heavy atom. The number of amides is 2. The highest BCUT2D eigenvalue weighted by molar-refractivity contribution is 6.31. The van der Waals surface area contributed by atoms with Gasteiger partial charge < -0.3 is 14.6 Å². The Bertz CT molecular complexity index is 969. The van der Waals surface area contributed by atoms with Crippen molar-refractivity contribution in [3.05, 3.63) is 59.2 Å².